The molecule has 1 heterocycles. The van der Waals surface area contributed by atoms with Crippen molar-refractivity contribution < 1.29 is 23.0 Å². The van der Waals surface area contributed by atoms with Crippen molar-refractivity contribution in [3.8, 4) is 5.75 Å². The second kappa shape index (κ2) is 10.9. The van der Waals surface area contributed by atoms with Crippen molar-refractivity contribution in [2.75, 3.05) is 19.0 Å². The standard InChI is InChI=1S/C21H34O5S2/c1-15(17(3)27-14-13-26-21-7-5-6-12-25-21)16(2)18(4)28(23,24)20-10-8-19(22)9-11-20/h8-11,15-18,21-22H,5-7,12-14H2,1-4H3/t15?,16-,17?,18+,21?/m0/s1. The van der Waals surface area contributed by atoms with Gasteiger partial charge in [0, 0.05) is 17.6 Å². The summed E-state index contributed by atoms with van der Waals surface area (Å²) in [5, 5.41) is 9.23. The molecule has 0 radical (unpaired) electrons. The van der Waals surface area contributed by atoms with Gasteiger partial charge >= 0.3 is 0 Å². The average Bonchev–Trinajstić information content (AvgIpc) is 2.70. The maximum atomic E-state index is 12.9. The van der Waals surface area contributed by atoms with Crippen LogP contribution in [-0.4, -0.2) is 49.3 Å². The molecule has 0 amide bonds. The first-order valence-corrected chi connectivity index (χ1v) is 12.7. The number of benzene rings is 1. The molecule has 3 unspecified atom stereocenters. The Morgan fingerprint density at radius 3 is 2.43 bits per heavy atom. The number of hydrogen-bond acceptors (Lipinski definition) is 6. The molecule has 0 bridgehead atoms. The Kier molecular flexibility index (Phi) is 9.12. The molecule has 0 aromatic heterocycles. The van der Waals surface area contributed by atoms with Crippen LogP contribution in [0.3, 0.4) is 0 Å². The summed E-state index contributed by atoms with van der Waals surface area (Å²) in [4.78, 5) is 0.262. The van der Waals surface area contributed by atoms with E-state index in [0.717, 1.165) is 31.6 Å². The zero-order chi connectivity index (χ0) is 20.7. The van der Waals surface area contributed by atoms with Crippen LogP contribution in [0.2, 0.25) is 0 Å². The summed E-state index contributed by atoms with van der Waals surface area (Å²) in [6.45, 7) is 9.51. The lowest BCUT2D eigenvalue weighted by Gasteiger charge is -2.30. The van der Waals surface area contributed by atoms with E-state index in [0.29, 0.717) is 11.9 Å². The van der Waals surface area contributed by atoms with Crippen LogP contribution in [0.15, 0.2) is 29.2 Å². The zero-order valence-electron chi connectivity index (χ0n) is 17.3. The third-order valence-electron chi connectivity index (χ3n) is 5.87. The highest BCUT2D eigenvalue weighted by Crippen LogP contribution is 2.32. The van der Waals surface area contributed by atoms with E-state index in [2.05, 4.69) is 13.8 Å². The fourth-order valence-electron chi connectivity index (χ4n) is 3.40. The second-order valence-corrected chi connectivity index (χ2v) is 11.5. The van der Waals surface area contributed by atoms with Crippen molar-refractivity contribution in [3.05, 3.63) is 24.3 Å². The third kappa shape index (κ3) is 6.37. The molecule has 1 N–H and O–H groups in total. The molecule has 1 fully saturated rings. The molecular formula is C21H34O5S2. The van der Waals surface area contributed by atoms with E-state index in [-0.39, 0.29) is 28.8 Å². The average molecular weight is 431 g/mol. The van der Waals surface area contributed by atoms with E-state index in [1.54, 1.807) is 6.92 Å². The number of aromatic hydroxyl groups is 1. The van der Waals surface area contributed by atoms with Crippen LogP contribution in [0.1, 0.15) is 47.0 Å². The van der Waals surface area contributed by atoms with Gasteiger partial charge in [-0.05, 0) is 62.3 Å². The summed E-state index contributed by atoms with van der Waals surface area (Å²) >= 11 is 1.82. The van der Waals surface area contributed by atoms with Gasteiger partial charge < -0.3 is 14.6 Å². The van der Waals surface area contributed by atoms with Crippen molar-refractivity contribution in [1.82, 2.24) is 0 Å². The lowest BCUT2D eigenvalue weighted by atomic mass is 9.91. The maximum absolute atomic E-state index is 12.9. The van der Waals surface area contributed by atoms with Gasteiger partial charge in [0.15, 0.2) is 16.1 Å². The predicted molar refractivity (Wildman–Crippen MR) is 115 cm³/mol. The summed E-state index contributed by atoms with van der Waals surface area (Å²) in [7, 11) is -3.43. The smallest absolute Gasteiger partial charge is 0.181 e. The molecule has 1 aliphatic heterocycles. The van der Waals surface area contributed by atoms with Crippen LogP contribution in [0, 0.1) is 11.8 Å². The lowest BCUT2D eigenvalue weighted by Crippen LogP contribution is -2.33. The molecular weight excluding hydrogens is 396 g/mol. The van der Waals surface area contributed by atoms with Gasteiger partial charge in [-0.2, -0.15) is 11.8 Å². The van der Waals surface area contributed by atoms with Crippen molar-refractivity contribution >= 4 is 21.6 Å². The molecule has 0 aliphatic carbocycles. The molecule has 0 saturated carbocycles. The van der Waals surface area contributed by atoms with Gasteiger partial charge in [-0.15, -0.1) is 0 Å². The van der Waals surface area contributed by atoms with E-state index in [4.69, 9.17) is 9.47 Å². The van der Waals surface area contributed by atoms with Gasteiger partial charge in [0.05, 0.1) is 16.8 Å². The van der Waals surface area contributed by atoms with Gasteiger partial charge in [-0.1, -0.05) is 20.8 Å². The zero-order valence-corrected chi connectivity index (χ0v) is 19.0. The molecule has 5 nitrogen and oxygen atoms in total. The fourth-order valence-corrected chi connectivity index (χ4v) is 6.27. The number of sulfone groups is 1. The van der Waals surface area contributed by atoms with E-state index in [1.165, 1.54) is 24.3 Å². The normalized spacial score (nSPS) is 22.4. The molecule has 1 aromatic rings. The van der Waals surface area contributed by atoms with Crippen molar-refractivity contribution in [1.29, 1.82) is 0 Å². The van der Waals surface area contributed by atoms with Crippen LogP contribution in [0.25, 0.3) is 0 Å². The summed E-state index contributed by atoms with van der Waals surface area (Å²) in [5.41, 5.74) is 0. The first-order valence-electron chi connectivity index (χ1n) is 10.1. The Morgan fingerprint density at radius 1 is 1.14 bits per heavy atom. The molecule has 160 valence electrons. The van der Waals surface area contributed by atoms with Crippen LogP contribution >= 0.6 is 11.8 Å². The highest BCUT2D eigenvalue weighted by atomic mass is 32.2. The minimum Gasteiger partial charge on any atom is -0.508 e. The summed E-state index contributed by atoms with van der Waals surface area (Å²) in [5.74, 6) is 1.18. The second-order valence-electron chi connectivity index (χ2n) is 7.71. The topological polar surface area (TPSA) is 72.8 Å². The van der Waals surface area contributed by atoms with Crippen LogP contribution < -0.4 is 0 Å². The third-order valence-corrected chi connectivity index (χ3v) is 9.57. The Balaban J connectivity index is 1.83. The van der Waals surface area contributed by atoms with Crippen LogP contribution in [0.4, 0.5) is 0 Å². The quantitative estimate of drug-likeness (QED) is 0.551. The number of phenols is 1. The largest absolute Gasteiger partial charge is 0.508 e. The summed E-state index contributed by atoms with van der Waals surface area (Å²) in [6, 6.07) is 5.78. The molecule has 28 heavy (non-hydrogen) atoms. The van der Waals surface area contributed by atoms with Crippen LogP contribution in [0.5, 0.6) is 5.75 Å². The van der Waals surface area contributed by atoms with E-state index >= 15 is 0 Å². The monoisotopic (exact) mass is 430 g/mol. The number of rotatable bonds is 10. The van der Waals surface area contributed by atoms with Gasteiger partial charge in [0.25, 0.3) is 0 Å². The van der Waals surface area contributed by atoms with E-state index in [9.17, 15) is 13.5 Å². The Morgan fingerprint density at radius 2 is 1.82 bits per heavy atom. The number of thioether (sulfide) groups is 1. The van der Waals surface area contributed by atoms with Crippen molar-refractivity contribution in [2.45, 2.75) is 68.6 Å². The first kappa shape index (κ1) is 23.5. The van der Waals surface area contributed by atoms with Crippen LogP contribution in [-0.2, 0) is 19.3 Å². The molecule has 1 saturated heterocycles. The van der Waals surface area contributed by atoms with Gasteiger partial charge in [0.1, 0.15) is 5.75 Å². The molecule has 1 aliphatic rings. The van der Waals surface area contributed by atoms with Gasteiger partial charge in [-0.3, -0.25) is 0 Å². The van der Waals surface area contributed by atoms with Crippen molar-refractivity contribution in [3.63, 3.8) is 0 Å². The Hall–Kier alpha value is -0.760. The SMILES string of the molecule is CC(SCCOC1CCCCO1)C(C)[C@H](C)[C@@H](C)S(=O)(=O)c1ccc(O)cc1. The van der Waals surface area contributed by atoms with E-state index < -0.39 is 15.1 Å². The number of ether oxygens (including phenoxy) is 2. The Labute approximate surface area is 174 Å². The maximum Gasteiger partial charge on any atom is 0.181 e. The predicted octanol–water partition coefficient (Wildman–Crippen LogP) is 4.49. The summed E-state index contributed by atoms with van der Waals surface area (Å²) < 4.78 is 37.2. The molecule has 7 heteroatoms. The number of hydrogen-bond donors (Lipinski definition) is 1. The first-order chi connectivity index (χ1) is 13.2. The molecule has 5 atom stereocenters. The lowest BCUT2D eigenvalue weighted by molar-refractivity contribution is -0.158. The van der Waals surface area contributed by atoms with E-state index in [1.807, 2.05) is 18.7 Å². The summed E-state index contributed by atoms with van der Waals surface area (Å²) in [6.07, 6.45) is 3.19. The van der Waals surface area contributed by atoms with Crippen molar-refractivity contribution in [2.24, 2.45) is 11.8 Å². The highest BCUT2D eigenvalue weighted by Gasteiger charge is 2.33. The molecule has 0 spiro atoms. The fraction of sp³-hybridized carbons (Fsp3) is 0.714. The molecule has 2 rings (SSSR count). The highest BCUT2D eigenvalue weighted by molar-refractivity contribution is 7.99. The Bertz CT molecular complexity index is 683. The number of phenolic OH excluding ortho intramolecular Hbond substituents is 1. The minimum atomic E-state index is -3.43. The molecule has 1 aromatic carbocycles. The minimum absolute atomic E-state index is 0.00361. The van der Waals surface area contributed by atoms with Gasteiger partial charge in [-0.25, -0.2) is 8.42 Å². The van der Waals surface area contributed by atoms with Gasteiger partial charge in [0.2, 0.25) is 0 Å².